The molecule has 4 saturated carbocycles. The summed E-state index contributed by atoms with van der Waals surface area (Å²) < 4.78 is 9.99. The van der Waals surface area contributed by atoms with Gasteiger partial charge in [-0.2, -0.15) is 0 Å². The molecule has 1 amide bonds. The second kappa shape index (κ2) is 7.33. The normalized spacial score (nSPS) is 30.6. The molecule has 4 aliphatic rings. The highest BCUT2D eigenvalue weighted by Gasteiger charge is 2.51. The summed E-state index contributed by atoms with van der Waals surface area (Å²) in [7, 11) is 1.32. The lowest BCUT2D eigenvalue weighted by molar-refractivity contribution is -0.164. The molecule has 27 heavy (non-hydrogen) atoms. The summed E-state index contributed by atoms with van der Waals surface area (Å²) in [4.78, 5) is 36.1. The van der Waals surface area contributed by atoms with E-state index in [1.54, 1.807) is 24.3 Å². The van der Waals surface area contributed by atoms with Gasteiger partial charge in [0.25, 0.3) is 5.91 Å². The van der Waals surface area contributed by atoms with Crippen LogP contribution in [-0.4, -0.2) is 31.6 Å². The maximum absolute atomic E-state index is 12.6. The number of benzene rings is 1. The quantitative estimate of drug-likeness (QED) is 0.805. The predicted molar refractivity (Wildman–Crippen MR) is 97.9 cm³/mol. The van der Waals surface area contributed by atoms with Crippen molar-refractivity contribution in [3.63, 3.8) is 0 Å². The van der Waals surface area contributed by atoms with Crippen LogP contribution >= 0.6 is 0 Å². The van der Waals surface area contributed by atoms with Gasteiger partial charge in [0.15, 0.2) is 6.61 Å². The van der Waals surface area contributed by atoms with Crippen LogP contribution in [0.4, 0.5) is 5.69 Å². The molecule has 0 radical (unpaired) electrons. The average Bonchev–Trinajstić information content (AvgIpc) is 2.65. The number of amides is 1. The van der Waals surface area contributed by atoms with Gasteiger partial charge >= 0.3 is 11.9 Å². The summed E-state index contributed by atoms with van der Waals surface area (Å²) in [6, 6.07) is 6.37. The molecule has 0 aromatic heterocycles. The number of anilines is 1. The van der Waals surface area contributed by atoms with E-state index in [4.69, 9.17) is 4.74 Å². The van der Waals surface area contributed by atoms with E-state index in [0.29, 0.717) is 23.1 Å². The summed E-state index contributed by atoms with van der Waals surface area (Å²) >= 11 is 0. The zero-order valence-corrected chi connectivity index (χ0v) is 15.5. The molecule has 1 aromatic carbocycles. The summed E-state index contributed by atoms with van der Waals surface area (Å²) in [5.74, 6) is 1.45. The number of hydrogen-bond acceptors (Lipinski definition) is 5. The minimum atomic E-state index is -0.433. The molecular weight excluding hydrogens is 346 g/mol. The molecule has 0 unspecified atom stereocenters. The average molecular weight is 371 g/mol. The molecule has 5 rings (SSSR count). The van der Waals surface area contributed by atoms with Gasteiger partial charge < -0.3 is 14.8 Å². The maximum atomic E-state index is 12.6. The third-order valence-electron chi connectivity index (χ3n) is 6.43. The van der Waals surface area contributed by atoms with E-state index in [9.17, 15) is 14.4 Å². The molecule has 0 heterocycles. The Morgan fingerprint density at radius 1 is 0.963 bits per heavy atom. The lowest BCUT2D eigenvalue weighted by Crippen LogP contribution is -2.48. The van der Waals surface area contributed by atoms with Crippen LogP contribution in [0, 0.1) is 29.6 Å². The first kappa shape index (κ1) is 18.0. The fourth-order valence-electron chi connectivity index (χ4n) is 5.55. The molecule has 4 fully saturated rings. The van der Waals surface area contributed by atoms with E-state index in [1.807, 2.05) is 0 Å². The van der Waals surface area contributed by atoms with Gasteiger partial charge in [0.05, 0.1) is 18.6 Å². The van der Waals surface area contributed by atoms with Gasteiger partial charge in [-0.1, -0.05) is 0 Å². The van der Waals surface area contributed by atoms with Gasteiger partial charge in [-0.15, -0.1) is 0 Å². The van der Waals surface area contributed by atoms with Crippen LogP contribution in [0.2, 0.25) is 0 Å². The number of esters is 2. The fraction of sp³-hybridized carbons (Fsp3) is 0.571. The first-order chi connectivity index (χ1) is 13.0. The zero-order chi connectivity index (χ0) is 19.0. The van der Waals surface area contributed by atoms with Crippen molar-refractivity contribution in [2.24, 2.45) is 29.6 Å². The van der Waals surface area contributed by atoms with Crippen molar-refractivity contribution >= 4 is 23.5 Å². The Hall–Kier alpha value is -2.37. The molecule has 0 spiro atoms. The monoisotopic (exact) mass is 371 g/mol. The Kier molecular flexibility index (Phi) is 4.89. The van der Waals surface area contributed by atoms with Crippen molar-refractivity contribution in [3.8, 4) is 0 Å². The maximum Gasteiger partial charge on any atom is 0.337 e. The third-order valence-corrected chi connectivity index (χ3v) is 6.43. The number of rotatable bonds is 5. The van der Waals surface area contributed by atoms with E-state index >= 15 is 0 Å². The van der Waals surface area contributed by atoms with Gasteiger partial charge in [0, 0.05) is 5.69 Å². The highest BCUT2D eigenvalue weighted by atomic mass is 16.5. The van der Waals surface area contributed by atoms with Crippen LogP contribution in [0.3, 0.4) is 0 Å². The second-order valence-electron chi connectivity index (χ2n) is 8.18. The van der Waals surface area contributed by atoms with Crippen molar-refractivity contribution in [3.05, 3.63) is 29.8 Å². The SMILES string of the molecule is COC(=O)c1ccc(NC(=O)COC(=O)C2C3CC4CC(C3)CC2C4)cc1. The summed E-state index contributed by atoms with van der Waals surface area (Å²) in [6.07, 6.45) is 5.92. The Bertz CT molecular complexity index is 713. The summed E-state index contributed by atoms with van der Waals surface area (Å²) in [5, 5.41) is 2.68. The van der Waals surface area contributed by atoms with Crippen molar-refractivity contribution in [2.45, 2.75) is 32.1 Å². The van der Waals surface area contributed by atoms with Crippen LogP contribution in [0.5, 0.6) is 0 Å². The van der Waals surface area contributed by atoms with Crippen LogP contribution in [-0.2, 0) is 19.1 Å². The number of ether oxygens (including phenoxy) is 2. The van der Waals surface area contributed by atoms with Gasteiger partial charge in [-0.25, -0.2) is 4.79 Å². The molecule has 4 aliphatic carbocycles. The summed E-state index contributed by atoms with van der Waals surface area (Å²) in [6.45, 7) is -0.277. The fourth-order valence-corrected chi connectivity index (χ4v) is 5.55. The molecule has 0 atom stereocenters. The van der Waals surface area contributed by atoms with Gasteiger partial charge in [-0.05, 0) is 80.0 Å². The Labute approximate surface area is 158 Å². The molecule has 6 heteroatoms. The molecule has 1 N–H and O–H groups in total. The summed E-state index contributed by atoms with van der Waals surface area (Å²) in [5.41, 5.74) is 0.946. The van der Waals surface area contributed by atoms with Crippen LogP contribution < -0.4 is 5.32 Å². The Balaban J connectivity index is 1.28. The highest BCUT2D eigenvalue weighted by molar-refractivity contribution is 5.94. The number of nitrogens with one attached hydrogen (secondary N) is 1. The molecule has 0 aliphatic heterocycles. The number of carbonyl (C=O) groups is 3. The van der Waals surface area contributed by atoms with E-state index in [-0.39, 0.29) is 24.4 Å². The Morgan fingerprint density at radius 2 is 1.56 bits per heavy atom. The van der Waals surface area contributed by atoms with Gasteiger partial charge in [0.1, 0.15) is 0 Å². The number of carbonyl (C=O) groups excluding carboxylic acids is 3. The predicted octanol–water partition coefficient (Wildman–Crippen LogP) is 3.03. The first-order valence-electron chi connectivity index (χ1n) is 9.68. The van der Waals surface area contributed by atoms with Crippen molar-refractivity contribution < 1.29 is 23.9 Å². The number of hydrogen-bond donors (Lipinski definition) is 1. The van der Waals surface area contributed by atoms with Gasteiger partial charge in [-0.3, -0.25) is 9.59 Å². The lowest BCUT2D eigenvalue weighted by atomic mass is 9.52. The Morgan fingerprint density at radius 3 is 2.11 bits per heavy atom. The molecule has 6 nitrogen and oxygen atoms in total. The standard InChI is InChI=1S/C21H25NO5/c1-26-20(24)14-2-4-17(5-3-14)22-18(23)11-27-21(25)19-15-7-12-6-13(9-15)10-16(19)8-12/h2-5,12-13,15-16,19H,6-11H2,1H3,(H,22,23). The van der Waals surface area contributed by atoms with Crippen molar-refractivity contribution in [1.29, 1.82) is 0 Å². The molecule has 144 valence electrons. The van der Waals surface area contributed by atoms with Crippen LogP contribution in [0.25, 0.3) is 0 Å². The van der Waals surface area contributed by atoms with Crippen molar-refractivity contribution in [2.75, 3.05) is 19.0 Å². The third kappa shape index (κ3) is 3.70. The second-order valence-corrected chi connectivity index (χ2v) is 8.18. The zero-order valence-electron chi connectivity index (χ0n) is 15.5. The lowest BCUT2D eigenvalue weighted by Gasteiger charge is -2.53. The van der Waals surface area contributed by atoms with Crippen molar-refractivity contribution in [1.82, 2.24) is 0 Å². The highest BCUT2D eigenvalue weighted by Crippen LogP contribution is 2.56. The van der Waals surface area contributed by atoms with E-state index in [0.717, 1.165) is 37.5 Å². The first-order valence-corrected chi connectivity index (χ1v) is 9.68. The van der Waals surface area contributed by atoms with Crippen LogP contribution in [0.15, 0.2) is 24.3 Å². The van der Waals surface area contributed by atoms with E-state index < -0.39 is 5.97 Å². The largest absolute Gasteiger partial charge is 0.465 e. The van der Waals surface area contributed by atoms with Crippen LogP contribution in [0.1, 0.15) is 42.5 Å². The topological polar surface area (TPSA) is 81.7 Å². The molecule has 0 saturated heterocycles. The molecule has 4 bridgehead atoms. The smallest absolute Gasteiger partial charge is 0.337 e. The number of methoxy groups -OCH3 is 1. The van der Waals surface area contributed by atoms with E-state index in [2.05, 4.69) is 10.1 Å². The minimum absolute atomic E-state index is 0.0232. The minimum Gasteiger partial charge on any atom is -0.465 e. The molecule has 1 aromatic rings. The van der Waals surface area contributed by atoms with Gasteiger partial charge in [0.2, 0.25) is 0 Å². The molecular formula is C21H25NO5. The van der Waals surface area contributed by atoms with E-state index in [1.165, 1.54) is 13.5 Å².